The molecule has 2 unspecified atom stereocenters. The number of carbonyl (C=O) groups excluding carboxylic acids is 2. The first-order valence-corrected chi connectivity index (χ1v) is 13.1. The zero-order chi connectivity index (χ0) is 26.5. The molecule has 2 aromatic carbocycles. The average molecular weight is 505 g/mol. The number of hydrogen-bond donors (Lipinski definition) is 1. The van der Waals surface area contributed by atoms with Crippen LogP contribution in [0.25, 0.3) is 5.76 Å². The van der Waals surface area contributed by atoms with E-state index in [4.69, 9.17) is 9.47 Å². The van der Waals surface area contributed by atoms with Crippen molar-refractivity contribution in [1.82, 2.24) is 4.90 Å². The summed E-state index contributed by atoms with van der Waals surface area (Å²) in [4.78, 5) is 29.5. The summed E-state index contributed by atoms with van der Waals surface area (Å²) in [5.41, 5.74) is 2.06. The molecule has 0 bridgehead atoms. The lowest BCUT2D eigenvalue weighted by molar-refractivity contribution is -0.896. The second kappa shape index (κ2) is 11.6. The van der Waals surface area contributed by atoms with Gasteiger partial charge in [-0.05, 0) is 61.7 Å². The van der Waals surface area contributed by atoms with Gasteiger partial charge in [-0.25, -0.2) is 0 Å². The molecule has 0 saturated carbocycles. The number of likely N-dealkylation sites (tertiary alicyclic amines) is 1. The molecule has 196 valence electrons. The van der Waals surface area contributed by atoms with E-state index in [9.17, 15) is 14.7 Å². The van der Waals surface area contributed by atoms with Gasteiger partial charge in [-0.2, -0.15) is 0 Å². The Morgan fingerprint density at radius 2 is 1.92 bits per heavy atom. The Balaban J connectivity index is 1.71. The molecule has 1 saturated heterocycles. The fourth-order valence-corrected chi connectivity index (χ4v) is 5.17. The zero-order valence-corrected chi connectivity index (χ0v) is 21.9. The first-order chi connectivity index (χ1) is 17.9. The fourth-order valence-electron chi connectivity index (χ4n) is 5.17. The Hall–Kier alpha value is -3.58. The molecule has 0 radical (unpaired) electrons. The quantitative estimate of drug-likeness (QED) is 0.219. The summed E-state index contributed by atoms with van der Waals surface area (Å²) in [6, 6.07) is 11.7. The summed E-state index contributed by atoms with van der Waals surface area (Å²) in [7, 11) is 0. The highest BCUT2D eigenvalue weighted by Crippen LogP contribution is 2.40. The van der Waals surface area contributed by atoms with E-state index < -0.39 is 23.5 Å². The van der Waals surface area contributed by atoms with E-state index in [1.165, 1.54) is 4.90 Å². The van der Waals surface area contributed by atoms with Gasteiger partial charge in [-0.1, -0.05) is 36.6 Å². The highest BCUT2D eigenvalue weighted by Gasteiger charge is 2.44. The third-order valence-corrected chi connectivity index (χ3v) is 7.18. The zero-order valence-electron chi connectivity index (χ0n) is 21.9. The lowest BCUT2D eigenvalue weighted by atomic mass is 9.94. The van der Waals surface area contributed by atoms with E-state index in [0.29, 0.717) is 36.4 Å². The van der Waals surface area contributed by atoms with Crippen LogP contribution in [0.2, 0.25) is 0 Å². The molecular formula is C30H36N2O5. The van der Waals surface area contributed by atoms with Crippen molar-refractivity contribution in [3.8, 4) is 11.5 Å². The number of fused-ring (bicyclic) bond motifs is 1. The SMILES string of the molecule is C=CCOc1ccc(C2/C(=C(\[O-])c3ccc4c(c3)CC(C)O4)C(=O)C(=O)N2CCC[NH+](CC)CC)cc1. The van der Waals surface area contributed by atoms with Gasteiger partial charge < -0.3 is 24.4 Å². The molecule has 2 heterocycles. The van der Waals surface area contributed by atoms with Crippen LogP contribution in [0.3, 0.4) is 0 Å². The van der Waals surface area contributed by atoms with Crippen LogP contribution < -0.4 is 19.5 Å². The molecule has 2 aromatic rings. The van der Waals surface area contributed by atoms with Gasteiger partial charge in [0.15, 0.2) is 0 Å². The molecule has 2 aliphatic rings. The van der Waals surface area contributed by atoms with Crippen molar-refractivity contribution in [2.24, 2.45) is 0 Å². The smallest absolute Gasteiger partial charge is 0.295 e. The van der Waals surface area contributed by atoms with Crippen molar-refractivity contribution in [2.75, 3.05) is 32.8 Å². The van der Waals surface area contributed by atoms with Gasteiger partial charge in [-0.3, -0.25) is 9.59 Å². The number of rotatable bonds is 11. The Labute approximate surface area is 219 Å². The summed E-state index contributed by atoms with van der Waals surface area (Å²) in [6.07, 6.45) is 3.14. The minimum Gasteiger partial charge on any atom is -0.872 e. The highest BCUT2D eigenvalue weighted by molar-refractivity contribution is 6.46. The standard InChI is InChI=1S/C30H36N2O5/c1-5-17-36-24-12-9-21(10-13-24)27-26(28(33)22-11-14-25-23(19-22)18-20(4)37-25)29(34)30(35)32(27)16-8-15-31(6-2)7-3/h5,9-14,19-20,27,33H,1,6-8,15-18H2,2-4H3/b28-26+. The van der Waals surface area contributed by atoms with Gasteiger partial charge in [0, 0.05) is 25.0 Å². The molecule has 1 fully saturated rings. The number of Topliss-reactive ketones (excluding diaryl/α,β-unsaturated/α-hetero) is 1. The molecule has 4 rings (SSSR count). The number of nitrogens with one attached hydrogen (secondary N) is 1. The molecular weight excluding hydrogens is 468 g/mol. The molecule has 1 N–H and O–H groups in total. The van der Waals surface area contributed by atoms with Crippen molar-refractivity contribution in [1.29, 1.82) is 0 Å². The van der Waals surface area contributed by atoms with E-state index >= 15 is 0 Å². The normalized spacial score (nSPS) is 20.3. The van der Waals surface area contributed by atoms with Gasteiger partial charge in [0.05, 0.1) is 25.7 Å². The van der Waals surface area contributed by atoms with Crippen LogP contribution in [0.4, 0.5) is 0 Å². The van der Waals surface area contributed by atoms with Crippen molar-refractivity contribution >= 4 is 17.4 Å². The first-order valence-electron chi connectivity index (χ1n) is 13.1. The molecule has 7 nitrogen and oxygen atoms in total. The van der Waals surface area contributed by atoms with Crippen LogP contribution in [0.15, 0.2) is 60.7 Å². The topological polar surface area (TPSA) is 83.3 Å². The molecule has 2 aliphatic heterocycles. The van der Waals surface area contributed by atoms with E-state index in [2.05, 4.69) is 20.4 Å². The van der Waals surface area contributed by atoms with Crippen molar-refractivity contribution in [2.45, 2.75) is 45.8 Å². The van der Waals surface area contributed by atoms with Crippen LogP contribution in [-0.4, -0.2) is 55.5 Å². The number of amides is 1. The van der Waals surface area contributed by atoms with Crippen molar-refractivity contribution < 1.29 is 29.1 Å². The number of ketones is 1. The predicted molar refractivity (Wildman–Crippen MR) is 140 cm³/mol. The minimum atomic E-state index is -0.740. The summed E-state index contributed by atoms with van der Waals surface area (Å²) < 4.78 is 11.4. The highest BCUT2D eigenvalue weighted by atomic mass is 16.5. The molecule has 37 heavy (non-hydrogen) atoms. The molecule has 0 aromatic heterocycles. The van der Waals surface area contributed by atoms with Crippen LogP contribution in [0, 0.1) is 0 Å². The summed E-state index contributed by atoms with van der Waals surface area (Å²) >= 11 is 0. The summed E-state index contributed by atoms with van der Waals surface area (Å²) in [5.74, 6) is -0.337. The molecule has 2 atom stereocenters. The Kier molecular flexibility index (Phi) is 8.34. The van der Waals surface area contributed by atoms with Crippen LogP contribution in [0.5, 0.6) is 11.5 Å². The summed E-state index contributed by atoms with van der Waals surface area (Å²) in [6.45, 7) is 13.6. The van der Waals surface area contributed by atoms with Gasteiger partial charge >= 0.3 is 0 Å². The molecule has 0 spiro atoms. The number of ether oxygens (including phenoxy) is 2. The molecule has 7 heteroatoms. The largest absolute Gasteiger partial charge is 0.872 e. The number of benzene rings is 2. The average Bonchev–Trinajstić information content (AvgIpc) is 3.40. The van der Waals surface area contributed by atoms with Gasteiger partial charge in [0.25, 0.3) is 5.91 Å². The van der Waals surface area contributed by atoms with Gasteiger partial charge in [0.1, 0.15) is 24.2 Å². The predicted octanol–water partition coefficient (Wildman–Crippen LogP) is 2.11. The number of carbonyl (C=O) groups is 2. The van der Waals surface area contributed by atoms with E-state index in [-0.39, 0.29) is 11.7 Å². The van der Waals surface area contributed by atoms with E-state index in [0.717, 1.165) is 37.4 Å². The first kappa shape index (κ1) is 26.5. The van der Waals surface area contributed by atoms with Crippen LogP contribution in [-0.2, 0) is 16.0 Å². The minimum absolute atomic E-state index is 0.00635. The second-order valence-electron chi connectivity index (χ2n) is 9.66. The van der Waals surface area contributed by atoms with E-state index in [1.54, 1.807) is 41.3 Å². The number of nitrogens with zero attached hydrogens (tertiary/aromatic N) is 1. The number of hydrogen-bond acceptors (Lipinski definition) is 5. The van der Waals surface area contributed by atoms with Crippen molar-refractivity contribution in [3.63, 3.8) is 0 Å². The lowest BCUT2D eigenvalue weighted by Crippen LogP contribution is -3.11. The maximum absolute atomic E-state index is 13.8. The molecule has 1 amide bonds. The van der Waals surface area contributed by atoms with Gasteiger partial charge in [-0.15, -0.1) is 0 Å². The third-order valence-electron chi connectivity index (χ3n) is 7.18. The lowest BCUT2D eigenvalue weighted by Gasteiger charge is -2.28. The van der Waals surface area contributed by atoms with Crippen LogP contribution in [0.1, 0.15) is 49.9 Å². The molecule has 0 aliphatic carbocycles. The third kappa shape index (κ3) is 5.57. The van der Waals surface area contributed by atoms with Crippen LogP contribution >= 0.6 is 0 Å². The maximum atomic E-state index is 13.8. The maximum Gasteiger partial charge on any atom is 0.295 e. The van der Waals surface area contributed by atoms with Crippen molar-refractivity contribution in [3.05, 3.63) is 77.4 Å². The fraction of sp³-hybridized carbons (Fsp3) is 0.400. The Morgan fingerprint density at radius 1 is 1.19 bits per heavy atom. The van der Waals surface area contributed by atoms with E-state index in [1.807, 2.05) is 19.1 Å². The Bertz CT molecular complexity index is 1180. The number of quaternary nitrogens is 1. The van der Waals surface area contributed by atoms with Gasteiger partial charge in [0.2, 0.25) is 5.78 Å². The Morgan fingerprint density at radius 3 is 2.59 bits per heavy atom. The summed E-state index contributed by atoms with van der Waals surface area (Å²) in [5, 5.41) is 13.8. The second-order valence-corrected chi connectivity index (χ2v) is 9.66. The monoisotopic (exact) mass is 504 g/mol.